The third-order valence-corrected chi connectivity index (χ3v) is 3.13. The molecule has 7 nitrogen and oxygen atoms in total. The van der Waals surface area contributed by atoms with E-state index in [4.69, 9.17) is 14.6 Å². The van der Waals surface area contributed by atoms with Gasteiger partial charge in [0.1, 0.15) is 11.3 Å². The van der Waals surface area contributed by atoms with Gasteiger partial charge in [0, 0.05) is 17.3 Å². The Morgan fingerprint density at radius 2 is 1.70 bits per heavy atom. The normalized spacial score (nSPS) is 10.0. The van der Waals surface area contributed by atoms with Gasteiger partial charge < -0.3 is 25.0 Å². The van der Waals surface area contributed by atoms with Crippen LogP contribution in [0, 0.1) is 0 Å². The Kier molecular flexibility index (Phi) is 4.70. The number of amides is 1. The molecule has 3 N–H and O–H groups in total. The van der Waals surface area contributed by atoms with Gasteiger partial charge in [0.15, 0.2) is 11.5 Å². The number of aromatic hydroxyl groups is 1. The van der Waals surface area contributed by atoms with Crippen LogP contribution in [-0.2, 0) is 0 Å². The van der Waals surface area contributed by atoms with E-state index < -0.39 is 17.6 Å². The third kappa shape index (κ3) is 3.52. The summed E-state index contributed by atoms with van der Waals surface area (Å²) < 4.78 is 10.2. The summed E-state index contributed by atoms with van der Waals surface area (Å²) in [4.78, 5) is 23.0. The lowest BCUT2D eigenvalue weighted by atomic mass is 10.1. The van der Waals surface area contributed by atoms with Crippen LogP contribution >= 0.6 is 0 Å². The quantitative estimate of drug-likeness (QED) is 0.782. The molecule has 0 unspecified atom stereocenters. The molecular weight excluding hydrogens is 302 g/mol. The van der Waals surface area contributed by atoms with Crippen LogP contribution in [-0.4, -0.2) is 36.3 Å². The largest absolute Gasteiger partial charge is 0.507 e. The second kappa shape index (κ2) is 6.69. The van der Waals surface area contributed by atoms with Crippen LogP contribution in [0.4, 0.5) is 5.69 Å². The molecule has 7 heteroatoms. The zero-order valence-electron chi connectivity index (χ0n) is 12.5. The summed E-state index contributed by atoms with van der Waals surface area (Å²) in [5.74, 6) is -1.21. The van der Waals surface area contributed by atoms with Gasteiger partial charge in [-0.25, -0.2) is 4.79 Å². The molecule has 0 heterocycles. The van der Waals surface area contributed by atoms with Gasteiger partial charge in [0.05, 0.1) is 14.2 Å². The van der Waals surface area contributed by atoms with Crippen molar-refractivity contribution < 1.29 is 29.3 Å². The van der Waals surface area contributed by atoms with Gasteiger partial charge in [0.2, 0.25) is 0 Å². The van der Waals surface area contributed by atoms with E-state index in [2.05, 4.69) is 5.32 Å². The lowest BCUT2D eigenvalue weighted by molar-refractivity contribution is 0.0693. The molecule has 23 heavy (non-hydrogen) atoms. The van der Waals surface area contributed by atoms with Crippen LogP contribution in [0.25, 0.3) is 0 Å². The van der Waals surface area contributed by atoms with E-state index in [0.717, 1.165) is 0 Å². The van der Waals surface area contributed by atoms with Crippen molar-refractivity contribution in [3.63, 3.8) is 0 Å². The predicted octanol–water partition coefficient (Wildman–Crippen LogP) is 2.36. The van der Waals surface area contributed by atoms with Crippen LogP contribution < -0.4 is 14.8 Å². The minimum absolute atomic E-state index is 0.242. The first-order chi connectivity index (χ1) is 11.0. The van der Waals surface area contributed by atoms with Crippen LogP contribution in [0.5, 0.6) is 17.2 Å². The molecule has 0 saturated carbocycles. The van der Waals surface area contributed by atoms with Crippen molar-refractivity contribution in [2.24, 2.45) is 0 Å². The van der Waals surface area contributed by atoms with E-state index in [1.165, 1.54) is 38.5 Å². The second-order valence-electron chi connectivity index (χ2n) is 4.56. The molecular formula is C16H15NO6. The first-order valence-corrected chi connectivity index (χ1v) is 6.56. The average molecular weight is 317 g/mol. The maximum absolute atomic E-state index is 12.2. The van der Waals surface area contributed by atoms with E-state index in [9.17, 15) is 14.7 Å². The van der Waals surface area contributed by atoms with E-state index in [-0.39, 0.29) is 11.3 Å². The van der Waals surface area contributed by atoms with Crippen molar-refractivity contribution in [2.75, 3.05) is 19.5 Å². The van der Waals surface area contributed by atoms with E-state index in [0.29, 0.717) is 17.1 Å². The second-order valence-corrected chi connectivity index (χ2v) is 4.56. The Bertz CT molecular complexity index is 756. The summed E-state index contributed by atoms with van der Waals surface area (Å²) >= 11 is 0. The van der Waals surface area contributed by atoms with Gasteiger partial charge in [-0.05, 0) is 30.3 Å². The van der Waals surface area contributed by atoms with Gasteiger partial charge in [0.25, 0.3) is 5.91 Å². The first kappa shape index (κ1) is 16.2. The summed E-state index contributed by atoms with van der Waals surface area (Å²) in [6.45, 7) is 0. The number of carbonyl (C=O) groups is 2. The Balaban J connectivity index is 2.22. The Labute approximate surface area is 132 Å². The molecule has 0 aromatic heterocycles. The monoisotopic (exact) mass is 317 g/mol. The standard InChI is InChI=1S/C16H15NO6/c1-22-13-6-3-9(7-14(13)23-2)15(19)17-10-4-5-11(16(20)21)12(18)8-10/h3-8,18H,1-2H3,(H,17,19)(H,20,21). The summed E-state index contributed by atoms with van der Waals surface area (Å²) in [6, 6.07) is 8.44. The highest BCUT2D eigenvalue weighted by atomic mass is 16.5. The Hall–Kier alpha value is -3.22. The summed E-state index contributed by atoms with van der Waals surface area (Å²) in [6.07, 6.45) is 0. The van der Waals surface area contributed by atoms with Crippen LogP contribution in [0.2, 0.25) is 0 Å². The molecule has 0 bridgehead atoms. The number of anilines is 1. The SMILES string of the molecule is COc1ccc(C(=O)Nc2ccc(C(=O)O)c(O)c2)cc1OC. The number of aromatic carboxylic acids is 1. The molecule has 1 amide bonds. The van der Waals surface area contributed by atoms with Crippen LogP contribution in [0.1, 0.15) is 20.7 Å². The van der Waals surface area contributed by atoms with E-state index >= 15 is 0 Å². The number of carbonyl (C=O) groups excluding carboxylic acids is 1. The summed E-state index contributed by atoms with van der Waals surface area (Å²) in [5, 5.41) is 21.0. The molecule has 0 saturated heterocycles. The van der Waals surface area contributed by atoms with Gasteiger partial charge in [-0.15, -0.1) is 0 Å². The molecule has 0 fully saturated rings. The molecule has 0 aliphatic rings. The number of rotatable bonds is 5. The van der Waals surface area contributed by atoms with Crippen molar-refractivity contribution in [3.05, 3.63) is 47.5 Å². The highest BCUT2D eigenvalue weighted by Gasteiger charge is 2.13. The van der Waals surface area contributed by atoms with Crippen LogP contribution in [0.3, 0.4) is 0 Å². The van der Waals surface area contributed by atoms with E-state index in [1.807, 2.05) is 0 Å². The van der Waals surface area contributed by atoms with Crippen molar-refractivity contribution in [1.82, 2.24) is 0 Å². The number of methoxy groups -OCH3 is 2. The molecule has 2 rings (SSSR count). The van der Waals surface area contributed by atoms with Gasteiger partial charge >= 0.3 is 5.97 Å². The maximum atomic E-state index is 12.2. The molecule has 2 aromatic rings. The maximum Gasteiger partial charge on any atom is 0.339 e. The number of phenols is 1. The minimum atomic E-state index is -1.25. The minimum Gasteiger partial charge on any atom is -0.507 e. The van der Waals surface area contributed by atoms with Gasteiger partial charge in [-0.3, -0.25) is 4.79 Å². The number of carboxylic acid groups (broad SMARTS) is 1. The predicted molar refractivity (Wildman–Crippen MR) is 82.6 cm³/mol. The van der Waals surface area contributed by atoms with Crippen molar-refractivity contribution in [1.29, 1.82) is 0 Å². The van der Waals surface area contributed by atoms with Crippen LogP contribution in [0.15, 0.2) is 36.4 Å². The molecule has 0 aliphatic carbocycles. The topological polar surface area (TPSA) is 105 Å². The van der Waals surface area contributed by atoms with Crippen molar-refractivity contribution >= 4 is 17.6 Å². The fraction of sp³-hybridized carbons (Fsp3) is 0.125. The molecule has 2 aromatic carbocycles. The third-order valence-electron chi connectivity index (χ3n) is 3.13. The zero-order chi connectivity index (χ0) is 17.0. The first-order valence-electron chi connectivity index (χ1n) is 6.56. The Morgan fingerprint density at radius 1 is 1.00 bits per heavy atom. The fourth-order valence-corrected chi connectivity index (χ4v) is 1.97. The Morgan fingerprint density at radius 3 is 2.26 bits per heavy atom. The number of benzene rings is 2. The number of ether oxygens (including phenoxy) is 2. The number of carboxylic acids is 1. The summed E-state index contributed by atoms with van der Waals surface area (Å²) in [7, 11) is 2.95. The van der Waals surface area contributed by atoms with E-state index in [1.54, 1.807) is 12.1 Å². The molecule has 120 valence electrons. The molecule has 0 aliphatic heterocycles. The highest BCUT2D eigenvalue weighted by Crippen LogP contribution is 2.28. The molecule has 0 radical (unpaired) electrons. The number of hydrogen-bond donors (Lipinski definition) is 3. The smallest absolute Gasteiger partial charge is 0.339 e. The average Bonchev–Trinajstić information content (AvgIpc) is 2.53. The van der Waals surface area contributed by atoms with Crippen molar-refractivity contribution in [3.8, 4) is 17.2 Å². The lowest BCUT2D eigenvalue weighted by Gasteiger charge is -2.10. The lowest BCUT2D eigenvalue weighted by Crippen LogP contribution is -2.12. The highest BCUT2D eigenvalue weighted by molar-refractivity contribution is 6.05. The molecule has 0 spiro atoms. The summed E-state index contributed by atoms with van der Waals surface area (Å²) in [5.41, 5.74) is 0.353. The van der Waals surface area contributed by atoms with Gasteiger partial charge in [-0.2, -0.15) is 0 Å². The van der Waals surface area contributed by atoms with Crippen molar-refractivity contribution in [2.45, 2.75) is 0 Å². The van der Waals surface area contributed by atoms with Gasteiger partial charge in [-0.1, -0.05) is 0 Å². The number of hydrogen-bond acceptors (Lipinski definition) is 5. The number of nitrogens with one attached hydrogen (secondary N) is 1. The molecule has 0 atom stereocenters. The zero-order valence-corrected chi connectivity index (χ0v) is 12.5. The fourth-order valence-electron chi connectivity index (χ4n) is 1.97.